The predicted octanol–water partition coefficient (Wildman–Crippen LogP) is 1.55. The average Bonchev–Trinajstić information content (AvgIpc) is 2.71. The van der Waals surface area contributed by atoms with Crippen LogP contribution >= 0.6 is 0 Å². The van der Waals surface area contributed by atoms with Gasteiger partial charge in [-0.1, -0.05) is 13.8 Å². The molecule has 0 aromatic carbocycles. The van der Waals surface area contributed by atoms with Gasteiger partial charge in [0.05, 0.1) is 0 Å². The Labute approximate surface area is 118 Å². The maximum Gasteiger partial charge on any atom is 0.222 e. The van der Waals surface area contributed by atoms with Crippen LogP contribution in [0.15, 0.2) is 0 Å². The molecule has 0 radical (unpaired) electrons. The highest BCUT2D eigenvalue weighted by atomic mass is 16.2. The highest BCUT2D eigenvalue weighted by Crippen LogP contribution is 2.26. The van der Waals surface area contributed by atoms with Crippen molar-refractivity contribution < 1.29 is 4.79 Å². The number of rotatable bonds is 7. The second-order valence-electron chi connectivity index (χ2n) is 6.89. The van der Waals surface area contributed by atoms with E-state index in [1.165, 1.54) is 6.42 Å². The first-order chi connectivity index (χ1) is 8.84. The van der Waals surface area contributed by atoms with Crippen molar-refractivity contribution in [3.05, 3.63) is 0 Å². The first-order valence-corrected chi connectivity index (χ1v) is 7.46. The number of hydrogen-bond donors (Lipinski definition) is 1. The van der Waals surface area contributed by atoms with Crippen molar-refractivity contribution in [1.29, 1.82) is 0 Å². The van der Waals surface area contributed by atoms with E-state index in [2.05, 4.69) is 25.8 Å². The lowest BCUT2D eigenvalue weighted by Crippen LogP contribution is -2.33. The maximum absolute atomic E-state index is 12.1. The Hall–Kier alpha value is -0.610. The van der Waals surface area contributed by atoms with E-state index in [9.17, 15) is 4.79 Å². The number of hydrogen-bond acceptors (Lipinski definition) is 3. The highest BCUT2D eigenvalue weighted by molar-refractivity contribution is 5.75. The quantitative estimate of drug-likeness (QED) is 0.763. The van der Waals surface area contributed by atoms with Gasteiger partial charge in [-0.15, -0.1) is 0 Å². The van der Waals surface area contributed by atoms with Gasteiger partial charge < -0.3 is 15.5 Å². The van der Waals surface area contributed by atoms with Gasteiger partial charge in [0.1, 0.15) is 0 Å². The van der Waals surface area contributed by atoms with Gasteiger partial charge in [-0.25, -0.2) is 0 Å². The Morgan fingerprint density at radius 2 is 2.11 bits per heavy atom. The van der Waals surface area contributed by atoms with Crippen LogP contribution in [0.4, 0.5) is 0 Å². The predicted molar refractivity (Wildman–Crippen MR) is 79.9 cm³/mol. The van der Waals surface area contributed by atoms with Crippen LogP contribution in [0, 0.1) is 11.3 Å². The van der Waals surface area contributed by atoms with Crippen LogP contribution in [0.25, 0.3) is 0 Å². The van der Waals surface area contributed by atoms with Crippen LogP contribution in [0.1, 0.15) is 39.5 Å². The monoisotopic (exact) mass is 269 g/mol. The molecular weight excluding hydrogens is 238 g/mol. The van der Waals surface area contributed by atoms with E-state index < -0.39 is 0 Å². The van der Waals surface area contributed by atoms with Gasteiger partial charge in [0.25, 0.3) is 0 Å². The van der Waals surface area contributed by atoms with Gasteiger partial charge in [-0.2, -0.15) is 0 Å². The van der Waals surface area contributed by atoms with Crippen molar-refractivity contribution >= 4 is 5.91 Å². The number of carbonyl (C=O) groups excluding carboxylic acids is 1. The third-order valence-electron chi connectivity index (χ3n) is 4.28. The molecule has 0 aromatic rings. The summed E-state index contributed by atoms with van der Waals surface area (Å²) < 4.78 is 0. The van der Waals surface area contributed by atoms with E-state index in [1.54, 1.807) is 0 Å². The molecule has 1 heterocycles. The van der Waals surface area contributed by atoms with Crippen molar-refractivity contribution in [3.8, 4) is 0 Å². The van der Waals surface area contributed by atoms with Crippen LogP contribution < -0.4 is 5.73 Å². The molecule has 112 valence electrons. The second kappa shape index (κ2) is 7.25. The Morgan fingerprint density at radius 1 is 1.42 bits per heavy atom. The largest absolute Gasteiger partial charge is 0.345 e. The van der Waals surface area contributed by atoms with Gasteiger partial charge in [0.2, 0.25) is 5.91 Å². The Bertz CT molecular complexity index is 291. The van der Waals surface area contributed by atoms with Crippen LogP contribution in [0.3, 0.4) is 0 Å². The fourth-order valence-electron chi connectivity index (χ4n) is 2.82. The molecule has 4 heteroatoms. The Morgan fingerprint density at radius 3 is 2.63 bits per heavy atom. The zero-order chi connectivity index (χ0) is 14.5. The summed E-state index contributed by atoms with van der Waals surface area (Å²) in [5.41, 5.74) is 5.78. The van der Waals surface area contributed by atoms with E-state index >= 15 is 0 Å². The molecule has 0 saturated carbocycles. The molecule has 1 fully saturated rings. The smallest absolute Gasteiger partial charge is 0.222 e. The van der Waals surface area contributed by atoms with E-state index in [0.717, 1.165) is 32.5 Å². The number of nitrogens with zero attached hydrogens (tertiary/aromatic N) is 2. The molecule has 0 aromatic heterocycles. The third-order valence-corrected chi connectivity index (χ3v) is 4.28. The lowest BCUT2D eigenvalue weighted by Gasteiger charge is -2.26. The average molecular weight is 269 g/mol. The maximum atomic E-state index is 12.1. The second-order valence-corrected chi connectivity index (χ2v) is 6.89. The lowest BCUT2D eigenvalue weighted by atomic mass is 9.84. The molecule has 1 atom stereocenters. The SMILES string of the molecule is CN1CCC(CN(C)C(=O)CCC(C)(C)CCN)C1. The van der Waals surface area contributed by atoms with Gasteiger partial charge in [0.15, 0.2) is 0 Å². The minimum Gasteiger partial charge on any atom is -0.345 e. The molecule has 2 N–H and O–H groups in total. The molecule has 1 aliphatic rings. The lowest BCUT2D eigenvalue weighted by molar-refractivity contribution is -0.131. The molecule has 1 unspecified atom stereocenters. The fourth-order valence-corrected chi connectivity index (χ4v) is 2.82. The number of likely N-dealkylation sites (tertiary alicyclic amines) is 1. The number of carbonyl (C=O) groups is 1. The van der Waals surface area contributed by atoms with Gasteiger partial charge >= 0.3 is 0 Å². The van der Waals surface area contributed by atoms with E-state index in [4.69, 9.17) is 5.73 Å². The molecule has 1 rings (SSSR count). The summed E-state index contributed by atoms with van der Waals surface area (Å²) in [7, 11) is 4.09. The highest BCUT2D eigenvalue weighted by Gasteiger charge is 2.24. The topological polar surface area (TPSA) is 49.6 Å². The van der Waals surface area contributed by atoms with Crippen molar-refractivity contribution in [2.24, 2.45) is 17.1 Å². The van der Waals surface area contributed by atoms with Gasteiger partial charge in [0, 0.05) is 26.6 Å². The number of amides is 1. The third kappa shape index (κ3) is 5.91. The van der Waals surface area contributed by atoms with Crippen molar-refractivity contribution in [2.45, 2.75) is 39.5 Å². The normalized spacial score (nSPS) is 20.8. The standard InChI is InChI=1S/C15H31N3O/c1-15(2,8-9-16)7-5-14(19)18(4)12-13-6-10-17(3)11-13/h13H,5-12,16H2,1-4H3. The molecule has 1 aliphatic heterocycles. The molecule has 0 bridgehead atoms. The summed E-state index contributed by atoms with van der Waals surface area (Å²) in [4.78, 5) is 16.4. The molecule has 4 nitrogen and oxygen atoms in total. The minimum atomic E-state index is 0.179. The molecule has 0 spiro atoms. The van der Waals surface area contributed by atoms with Crippen LogP contribution in [-0.2, 0) is 4.79 Å². The van der Waals surface area contributed by atoms with E-state index in [-0.39, 0.29) is 11.3 Å². The summed E-state index contributed by atoms with van der Waals surface area (Å²) >= 11 is 0. The summed E-state index contributed by atoms with van der Waals surface area (Å²) in [6.45, 7) is 8.27. The first kappa shape index (κ1) is 16.4. The molecule has 1 saturated heterocycles. The van der Waals surface area contributed by atoms with Gasteiger partial charge in [-0.05, 0) is 50.7 Å². The summed E-state index contributed by atoms with van der Waals surface area (Å²) in [5.74, 6) is 0.927. The fraction of sp³-hybridized carbons (Fsp3) is 0.933. The molecule has 1 amide bonds. The van der Waals surface area contributed by atoms with Crippen molar-refractivity contribution in [3.63, 3.8) is 0 Å². The molecular formula is C15H31N3O. The summed E-state index contributed by atoms with van der Waals surface area (Å²) in [5, 5.41) is 0. The van der Waals surface area contributed by atoms with Crippen LogP contribution in [0.2, 0.25) is 0 Å². The number of nitrogens with two attached hydrogens (primary N) is 1. The van der Waals surface area contributed by atoms with Crippen LogP contribution in [0.5, 0.6) is 0 Å². The van der Waals surface area contributed by atoms with E-state index in [0.29, 0.717) is 18.9 Å². The first-order valence-electron chi connectivity index (χ1n) is 7.46. The van der Waals surface area contributed by atoms with Crippen molar-refractivity contribution in [2.75, 3.05) is 40.3 Å². The van der Waals surface area contributed by atoms with Crippen molar-refractivity contribution in [1.82, 2.24) is 9.80 Å². The molecule has 0 aliphatic carbocycles. The Kier molecular flexibility index (Phi) is 6.27. The zero-order valence-corrected chi connectivity index (χ0v) is 13.1. The summed E-state index contributed by atoms with van der Waals surface area (Å²) in [6.07, 6.45) is 3.77. The zero-order valence-electron chi connectivity index (χ0n) is 13.1. The minimum absolute atomic E-state index is 0.179. The van der Waals surface area contributed by atoms with Crippen LogP contribution in [-0.4, -0.2) is 56.0 Å². The van der Waals surface area contributed by atoms with Gasteiger partial charge in [-0.3, -0.25) is 4.79 Å². The summed E-state index contributed by atoms with van der Waals surface area (Å²) in [6, 6.07) is 0. The Balaban J connectivity index is 2.28. The molecule has 19 heavy (non-hydrogen) atoms. The van der Waals surface area contributed by atoms with E-state index in [1.807, 2.05) is 11.9 Å².